The Hall–Kier alpha value is -1.95. The molecule has 0 saturated heterocycles. The Morgan fingerprint density at radius 3 is 3.05 bits per heavy atom. The van der Waals surface area contributed by atoms with E-state index in [2.05, 4.69) is 17.5 Å². The first-order valence-corrected chi connectivity index (χ1v) is 6.08. The summed E-state index contributed by atoms with van der Waals surface area (Å²) in [6.07, 6.45) is 3.41. The highest BCUT2D eigenvalue weighted by Crippen LogP contribution is 2.11. The van der Waals surface area contributed by atoms with Crippen molar-refractivity contribution < 1.29 is 13.9 Å². The summed E-state index contributed by atoms with van der Waals surface area (Å²) in [4.78, 5) is 10.5. The lowest BCUT2D eigenvalue weighted by Crippen LogP contribution is -2.24. The minimum Gasteiger partial charge on any atom is -0.377 e. The van der Waals surface area contributed by atoms with Gasteiger partial charge in [0, 0.05) is 12.2 Å². The lowest BCUT2D eigenvalue weighted by Gasteiger charge is -2.07. The number of ether oxygens (including phenoxy) is 1. The van der Waals surface area contributed by atoms with Gasteiger partial charge in [0.05, 0.1) is 12.8 Å². The van der Waals surface area contributed by atoms with Crippen LogP contribution in [0.1, 0.15) is 30.9 Å². The van der Waals surface area contributed by atoms with E-state index in [0.29, 0.717) is 24.3 Å². The van der Waals surface area contributed by atoms with Crippen molar-refractivity contribution in [3.8, 4) is 0 Å². The number of unbranched alkanes of at least 4 members (excludes halogenated alkanes) is 1. The molecule has 6 heteroatoms. The molecule has 0 unspecified atom stereocenters. The number of urea groups is 1. The van der Waals surface area contributed by atoms with E-state index in [1.54, 1.807) is 6.07 Å². The maximum Gasteiger partial charge on any atom is 0.332 e. The Labute approximate surface area is 111 Å². The molecular weight excluding hydrogens is 249 g/mol. The standard InChI is InChI=1S/C13H18FN3O2/c1-2-3-6-19-9-11-7-12(14)5-4-10(11)8-16-17-13(15)18/h4-5,7-8H,2-3,6,9H2,1H3,(H3,15,17,18). The van der Waals surface area contributed by atoms with Gasteiger partial charge in [-0.05, 0) is 24.1 Å². The lowest BCUT2D eigenvalue weighted by atomic mass is 10.1. The van der Waals surface area contributed by atoms with Gasteiger partial charge in [0.1, 0.15) is 5.82 Å². The first-order valence-electron chi connectivity index (χ1n) is 6.08. The molecule has 0 radical (unpaired) electrons. The summed E-state index contributed by atoms with van der Waals surface area (Å²) in [5.41, 5.74) is 8.31. The highest BCUT2D eigenvalue weighted by molar-refractivity contribution is 5.83. The molecule has 0 atom stereocenters. The molecule has 0 bridgehead atoms. The predicted molar refractivity (Wildman–Crippen MR) is 71.3 cm³/mol. The summed E-state index contributed by atoms with van der Waals surface area (Å²) in [6.45, 7) is 3.00. The molecule has 0 aromatic heterocycles. The lowest BCUT2D eigenvalue weighted by molar-refractivity contribution is 0.118. The van der Waals surface area contributed by atoms with E-state index in [9.17, 15) is 9.18 Å². The number of primary amides is 1. The van der Waals surface area contributed by atoms with Crippen molar-refractivity contribution in [1.82, 2.24) is 5.43 Å². The number of hydrazone groups is 1. The van der Waals surface area contributed by atoms with Crippen LogP contribution in [0.25, 0.3) is 0 Å². The quantitative estimate of drug-likeness (QED) is 0.451. The zero-order valence-corrected chi connectivity index (χ0v) is 10.9. The summed E-state index contributed by atoms with van der Waals surface area (Å²) in [5, 5.41) is 3.65. The predicted octanol–water partition coefficient (Wildman–Crippen LogP) is 2.14. The molecule has 3 N–H and O–H groups in total. The molecule has 1 aromatic rings. The van der Waals surface area contributed by atoms with Crippen LogP contribution in [0.2, 0.25) is 0 Å². The highest BCUT2D eigenvalue weighted by atomic mass is 19.1. The fourth-order valence-corrected chi connectivity index (χ4v) is 1.42. The van der Waals surface area contributed by atoms with Gasteiger partial charge in [0.25, 0.3) is 0 Å². The van der Waals surface area contributed by atoms with Gasteiger partial charge in [-0.25, -0.2) is 14.6 Å². The van der Waals surface area contributed by atoms with Gasteiger partial charge >= 0.3 is 6.03 Å². The number of amides is 2. The van der Waals surface area contributed by atoms with Crippen molar-refractivity contribution in [3.63, 3.8) is 0 Å². The molecular formula is C13H18FN3O2. The van der Waals surface area contributed by atoms with Gasteiger partial charge in [-0.2, -0.15) is 5.10 Å². The second-order valence-electron chi connectivity index (χ2n) is 3.98. The molecule has 2 amide bonds. The van der Waals surface area contributed by atoms with E-state index in [-0.39, 0.29) is 5.82 Å². The SMILES string of the molecule is CCCCOCc1cc(F)ccc1C=NNC(N)=O. The van der Waals surface area contributed by atoms with Crippen molar-refractivity contribution in [2.45, 2.75) is 26.4 Å². The summed E-state index contributed by atoms with van der Waals surface area (Å²) < 4.78 is 18.6. The summed E-state index contributed by atoms with van der Waals surface area (Å²) in [7, 11) is 0. The van der Waals surface area contributed by atoms with Gasteiger partial charge in [-0.1, -0.05) is 19.4 Å². The normalized spacial score (nSPS) is 10.8. The van der Waals surface area contributed by atoms with E-state index in [0.717, 1.165) is 12.8 Å². The number of nitrogens with zero attached hydrogens (tertiary/aromatic N) is 1. The Kier molecular flexibility index (Phi) is 6.52. The fourth-order valence-electron chi connectivity index (χ4n) is 1.42. The topological polar surface area (TPSA) is 76.7 Å². The number of carbonyl (C=O) groups is 1. The molecule has 1 rings (SSSR count). The maximum absolute atomic E-state index is 13.2. The second-order valence-corrected chi connectivity index (χ2v) is 3.98. The number of rotatable bonds is 7. The van der Waals surface area contributed by atoms with Gasteiger partial charge in [0.15, 0.2) is 0 Å². The third-order valence-corrected chi connectivity index (χ3v) is 2.38. The van der Waals surface area contributed by atoms with E-state index in [1.807, 2.05) is 0 Å². The monoisotopic (exact) mass is 267 g/mol. The van der Waals surface area contributed by atoms with Gasteiger partial charge in [-0.3, -0.25) is 0 Å². The van der Waals surface area contributed by atoms with Crippen molar-refractivity contribution in [3.05, 3.63) is 35.1 Å². The molecule has 0 fully saturated rings. The minimum atomic E-state index is -0.751. The average molecular weight is 267 g/mol. The first-order chi connectivity index (χ1) is 9.13. The van der Waals surface area contributed by atoms with Crippen LogP contribution in [0.5, 0.6) is 0 Å². The van der Waals surface area contributed by atoms with Gasteiger partial charge in [0.2, 0.25) is 0 Å². The molecule has 1 aromatic carbocycles. The molecule has 5 nitrogen and oxygen atoms in total. The Morgan fingerprint density at radius 2 is 2.37 bits per heavy atom. The third kappa shape index (κ3) is 5.96. The van der Waals surface area contributed by atoms with Crippen LogP contribution < -0.4 is 11.2 Å². The van der Waals surface area contributed by atoms with Gasteiger partial charge in [-0.15, -0.1) is 0 Å². The molecule has 0 heterocycles. The Morgan fingerprint density at radius 1 is 1.58 bits per heavy atom. The summed E-state index contributed by atoms with van der Waals surface area (Å²) in [6, 6.07) is 3.53. The molecule has 0 aliphatic rings. The van der Waals surface area contributed by atoms with Crippen LogP contribution in [0.3, 0.4) is 0 Å². The van der Waals surface area contributed by atoms with E-state index < -0.39 is 6.03 Å². The molecule has 0 spiro atoms. The number of hydrogen-bond donors (Lipinski definition) is 2. The molecule has 0 aliphatic carbocycles. The first kappa shape index (κ1) is 15.1. The largest absolute Gasteiger partial charge is 0.377 e. The van der Waals surface area contributed by atoms with Gasteiger partial charge < -0.3 is 10.5 Å². The number of halogens is 1. The van der Waals surface area contributed by atoms with Crippen LogP contribution >= 0.6 is 0 Å². The summed E-state index contributed by atoms with van der Waals surface area (Å²) in [5.74, 6) is -0.339. The van der Waals surface area contributed by atoms with Crippen LogP contribution in [-0.4, -0.2) is 18.9 Å². The zero-order valence-electron chi connectivity index (χ0n) is 10.9. The van der Waals surface area contributed by atoms with Crippen molar-refractivity contribution >= 4 is 12.2 Å². The van der Waals surface area contributed by atoms with E-state index >= 15 is 0 Å². The van der Waals surface area contributed by atoms with Crippen LogP contribution in [0.15, 0.2) is 23.3 Å². The van der Waals surface area contributed by atoms with Crippen molar-refractivity contribution in [2.24, 2.45) is 10.8 Å². The third-order valence-electron chi connectivity index (χ3n) is 2.38. The van der Waals surface area contributed by atoms with Crippen molar-refractivity contribution in [2.75, 3.05) is 6.61 Å². The molecule has 0 aliphatic heterocycles. The van der Waals surface area contributed by atoms with Crippen LogP contribution in [0.4, 0.5) is 9.18 Å². The van der Waals surface area contributed by atoms with Crippen LogP contribution in [0, 0.1) is 5.82 Å². The smallest absolute Gasteiger partial charge is 0.332 e. The number of benzene rings is 1. The fraction of sp³-hybridized carbons (Fsp3) is 0.385. The number of nitrogens with two attached hydrogens (primary N) is 1. The zero-order chi connectivity index (χ0) is 14.1. The highest BCUT2D eigenvalue weighted by Gasteiger charge is 2.03. The minimum absolute atomic E-state index is 0.301. The molecule has 0 saturated carbocycles. The van der Waals surface area contributed by atoms with Crippen LogP contribution in [-0.2, 0) is 11.3 Å². The Bertz CT molecular complexity index is 450. The second kappa shape index (κ2) is 8.20. The van der Waals surface area contributed by atoms with E-state index in [1.165, 1.54) is 18.3 Å². The number of nitrogens with one attached hydrogen (secondary N) is 1. The molecule has 104 valence electrons. The number of hydrogen-bond acceptors (Lipinski definition) is 3. The average Bonchev–Trinajstić information content (AvgIpc) is 2.36. The van der Waals surface area contributed by atoms with E-state index in [4.69, 9.17) is 10.5 Å². The summed E-state index contributed by atoms with van der Waals surface area (Å²) >= 11 is 0. The van der Waals surface area contributed by atoms with Crippen molar-refractivity contribution in [1.29, 1.82) is 0 Å². The maximum atomic E-state index is 13.2. The Balaban J connectivity index is 2.68. The molecule has 19 heavy (non-hydrogen) atoms. The number of carbonyl (C=O) groups excluding carboxylic acids is 1.